The standard InChI is InChI=1S/C20H32N2O6SSi/c1-9-13(19(26)27-6)21-17(25)16(12(2)28-30(7,8)20(3,4)5)18(21)29-22-14(23)10-11-15(22)24/h9,12-13,16,18H,1,10-11H2,2-8H3/t12-,13?,16+,18-/m1/s1. The molecule has 2 fully saturated rings. The lowest BCUT2D eigenvalue weighted by atomic mass is 9.91. The summed E-state index contributed by atoms with van der Waals surface area (Å²) in [5.41, 5.74) is 0. The van der Waals surface area contributed by atoms with Gasteiger partial charge < -0.3 is 14.1 Å². The zero-order chi connectivity index (χ0) is 23.0. The van der Waals surface area contributed by atoms with Crippen LogP contribution in [0.25, 0.3) is 0 Å². The number of likely N-dealkylation sites (tertiary alicyclic amines) is 1. The van der Waals surface area contributed by atoms with Crippen molar-refractivity contribution in [3.63, 3.8) is 0 Å². The van der Waals surface area contributed by atoms with Gasteiger partial charge in [-0.05, 0) is 37.0 Å². The number of β-lactam (4-membered cyclic amide) rings is 1. The zero-order valence-corrected chi connectivity index (χ0v) is 20.6. The van der Waals surface area contributed by atoms with Crippen LogP contribution in [0, 0.1) is 5.92 Å². The molecule has 2 heterocycles. The van der Waals surface area contributed by atoms with Crippen molar-refractivity contribution in [3.05, 3.63) is 12.7 Å². The Labute approximate surface area is 183 Å². The maximum absolute atomic E-state index is 13.1. The molecule has 0 saturated carbocycles. The number of esters is 1. The molecule has 0 radical (unpaired) electrons. The molecular weight excluding hydrogens is 424 g/mol. The topological polar surface area (TPSA) is 93.2 Å². The molecule has 1 unspecified atom stereocenters. The van der Waals surface area contributed by atoms with Crippen LogP contribution in [0.5, 0.6) is 0 Å². The lowest BCUT2D eigenvalue weighted by Gasteiger charge is -2.52. The van der Waals surface area contributed by atoms with Crippen molar-refractivity contribution in [2.45, 2.75) is 76.2 Å². The summed E-state index contributed by atoms with van der Waals surface area (Å²) in [4.78, 5) is 51.0. The predicted octanol–water partition coefficient (Wildman–Crippen LogP) is 2.71. The van der Waals surface area contributed by atoms with Crippen LogP contribution in [0.15, 0.2) is 12.7 Å². The maximum Gasteiger partial charge on any atom is 0.332 e. The van der Waals surface area contributed by atoms with Crippen LogP contribution in [-0.2, 0) is 28.3 Å². The quantitative estimate of drug-likeness (QED) is 0.138. The van der Waals surface area contributed by atoms with Gasteiger partial charge in [0.2, 0.25) is 17.7 Å². The molecule has 2 aliphatic rings. The molecule has 0 aromatic rings. The van der Waals surface area contributed by atoms with Crippen molar-refractivity contribution < 1.29 is 28.3 Å². The van der Waals surface area contributed by atoms with Gasteiger partial charge in [0, 0.05) is 12.8 Å². The molecule has 2 saturated heterocycles. The van der Waals surface area contributed by atoms with Crippen LogP contribution in [-0.4, -0.2) is 65.8 Å². The molecule has 168 valence electrons. The fourth-order valence-corrected chi connectivity index (χ4v) is 6.16. The van der Waals surface area contributed by atoms with E-state index >= 15 is 0 Å². The highest BCUT2D eigenvalue weighted by Crippen LogP contribution is 2.45. The number of nitrogens with zero attached hydrogens (tertiary/aromatic N) is 2. The largest absolute Gasteiger partial charge is 0.467 e. The van der Waals surface area contributed by atoms with Crippen LogP contribution in [0.2, 0.25) is 18.1 Å². The fourth-order valence-electron chi connectivity index (χ4n) is 3.30. The highest BCUT2D eigenvalue weighted by molar-refractivity contribution is 7.98. The van der Waals surface area contributed by atoms with Crippen molar-refractivity contribution in [2.24, 2.45) is 5.92 Å². The van der Waals surface area contributed by atoms with Gasteiger partial charge >= 0.3 is 5.97 Å². The Kier molecular flexibility index (Phi) is 7.25. The number of carbonyl (C=O) groups excluding carboxylic acids is 4. The summed E-state index contributed by atoms with van der Waals surface area (Å²) in [5, 5.41) is -0.669. The summed E-state index contributed by atoms with van der Waals surface area (Å²) in [6.45, 7) is 16.0. The predicted molar refractivity (Wildman–Crippen MR) is 117 cm³/mol. The number of methoxy groups -OCH3 is 1. The molecule has 0 aliphatic carbocycles. The monoisotopic (exact) mass is 456 g/mol. The first-order valence-electron chi connectivity index (χ1n) is 9.99. The first-order valence-corrected chi connectivity index (χ1v) is 13.7. The first-order chi connectivity index (χ1) is 13.8. The van der Waals surface area contributed by atoms with E-state index in [1.54, 1.807) is 0 Å². The molecule has 10 heteroatoms. The minimum Gasteiger partial charge on any atom is -0.467 e. The molecule has 0 aromatic heterocycles. The van der Waals surface area contributed by atoms with Crippen LogP contribution < -0.4 is 0 Å². The molecule has 30 heavy (non-hydrogen) atoms. The van der Waals surface area contributed by atoms with Crippen molar-refractivity contribution in [1.29, 1.82) is 0 Å². The van der Waals surface area contributed by atoms with Gasteiger partial charge in [0.15, 0.2) is 8.32 Å². The van der Waals surface area contributed by atoms with E-state index in [2.05, 4.69) is 40.4 Å². The van der Waals surface area contributed by atoms with Gasteiger partial charge in [0.25, 0.3) is 0 Å². The lowest BCUT2D eigenvalue weighted by molar-refractivity contribution is -0.167. The lowest BCUT2D eigenvalue weighted by Crippen LogP contribution is -2.68. The van der Waals surface area contributed by atoms with E-state index in [0.29, 0.717) is 0 Å². The number of rotatable bonds is 8. The van der Waals surface area contributed by atoms with E-state index in [9.17, 15) is 19.2 Å². The zero-order valence-electron chi connectivity index (χ0n) is 18.8. The fraction of sp³-hybridized carbons (Fsp3) is 0.700. The average Bonchev–Trinajstić information content (AvgIpc) is 2.95. The van der Waals surface area contributed by atoms with E-state index in [1.165, 1.54) is 18.1 Å². The minimum absolute atomic E-state index is 0.0487. The van der Waals surface area contributed by atoms with Gasteiger partial charge in [-0.1, -0.05) is 26.8 Å². The maximum atomic E-state index is 13.1. The number of amides is 3. The summed E-state index contributed by atoms with van der Waals surface area (Å²) in [5.74, 6) is -2.10. The van der Waals surface area contributed by atoms with Crippen LogP contribution in [0.3, 0.4) is 0 Å². The third-order valence-corrected chi connectivity index (χ3v) is 12.0. The third-order valence-electron chi connectivity index (χ3n) is 6.10. The summed E-state index contributed by atoms with van der Waals surface area (Å²) in [7, 11) is -0.933. The van der Waals surface area contributed by atoms with Crippen molar-refractivity contribution in [1.82, 2.24) is 9.21 Å². The Morgan fingerprint density at radius 3 is 2.20 bits per heavy atom. The smallest absolute Gasteiger partial charge is 0.332 e. The molecule has 0 aromatic carbocycles. The molecule has 8 nitrogen and oxygen atoms in total. The van der Waals surface area contributed by atoms with Crippen molar-refractivity contribution >= 4 is 44.0 Å². The number of hydrogen-bond donors (Lipinski definition) is 0. The Morgan fingerprint density at radius 1 is 1.23 bits per heavy atom. The Hall–Kier alpha value is -1.65. The number of hydrogen-bond acceptors (Lipinski definition) is 7. The number of ether oxygens (including phenoxy) is 1. The Morgan fingerprint density at radius 2 is 1.77 bits per heavy atom. The van der Waals surface area contributed by atoms with Crippen LogP contribution >= 0.6 is 11.9 Å². The van der Waals surface area contributed by atoms with Gasteiger partial charge in [-0.3, -0.25) is 14.4 Å². The van der Waals surface area contributed by atoms with Gasteiger partial charge in [-0.25, -0.2) is 9.10 Å². The van der Waals surface area contributed by atoms with E-state index in [4.69, 9.17) is 9.16 Å². The van der Waals surface area contributed by atoms with E-state index in [0.717, 1.165) is 16.3 Å². The molecule has 2 aliphatic heterocycles. The molecule has 2 rings (SSSR count). The second-order valence-corrected chi connectivity index (χ2v) is 15.0. The molecule has 0 spiro atoms. The molecule has 4 atom stereocenters. The Balaban J connectivity index is 2.32. The normalized spacial score (nSPS) is 24.6. The highest BCUT2D eigenvalue weighted by atomic mass is 32.2. The van der Waals surface area contributed by atoms with Gasteiger partial charge in [-0.2, -0.15) is 0 Å². The van der Waals surface area contributed by atoms with Crippen molar-refractivity contribution in [2.75, 3.05) is 7.11 Å². The van der Waals surface area contributed by atoms with Gasteiger partial charge in [0.1, 0.15) is 11.4 Å². The summed E-state index contributed by atoms with van der Waals surface area (Å²) < 4.78 is 12.3. The van der Waals surface area contributed by atoms with Gasteiger partial charge in [0.05, 0.1) is 19.1 Å². The Bertz CT molecular complexity index is 734. The van der Waals surface area contributed by atoms with E-state index in [1.807, 2.05) is 6.92 Å². The summed E-state index contributed by atoms with van der Waals surface area (Å²) >= 11 is 0.983. The van der Waals surface area contributed by atoms with Crippen LogP contribution in [0.1, 0.15) is 40.5 Å². The second kappa shape index (κ2) is 8.84. The first kappa shape index (κ1) is 24.6. The molecular formula is C20H32N2O6SSi. The number of imide groups is 1. The molecule has 0 N–H and O–H groups in total. The average molecular weight is 457 g/mol. The van der Waals surface area contributed by atoms with E-state index in [-0.39, 0.29) is 35.6 Å². The molecule has 3 amide bonds. The summed E-state index contributed by atoms with van der Waals surface area (Å²) in [6.07, 6.45) is 1.19. The minimum atomic E-state index is -2.17. The van der Waals surface area contributed by atoms with E-state index < -0.39 is 37.7 Å². The van der Waals surface area contributed by atoms with Gasteiger partial charge in [-0.15, -0.1) is 6.58 Å². The molecule has 0 bridgehead atoms. The highest BCUT2D eigenvalue weighted by Gasteiger charge is 2.57. The third kappa shape index (κ3) is 4.50. The number of carbonyl (C=O) groups is 4. The SMILES string of the molecule is C=CC(C(=O)OC)N1C(=O)[C@H]([C@@H](C)O[Si](C)(C)C(C)(C)C)[C@H]1SN1C(=O)CCC1=O. The van der Waals surface area contributed by atoms with Crippen LogP contribution in [0.4, 0.5) is 0 Å². The second-order valence-electron chi connectivity index (χ2n) is 9.14. The van der Waals surface area contributed by atoms with Crippen molar-refractivity contribution in [3.8, 4) is 0 Å². The summed E-state index contributed by atoms with van der Waals surface area (Å²) in [6, 6.07) is -0.996.